The van der Waals surface area contributed by atoms with Crippen LogP contribution < -0.4 is 0 Å². The lowest BCUT2D eigenvalue weighted by molar-refractivity contribution is -0.146. The molecule has 43 heavy (non-hydrogen) atoms. The van der Waals surface area contributed by atoms with E-state index in [9.17, 15) is 19.8 Å². The Morgan fingerprint density at radius 2 is 1.37 bits per heavy atom. The van der Waals surface area contributed by atoms with Gasteiger partial charge >= 0.3 is 11.9 Å². The molecule has 2 N–H and O–H groups in total. The Labute approximate surface area is 258 Å². The molecule has 0 amide bonds. The van der Waals surface area contributed by atoms with E-state index >= 15 is 0 Å². The second-order valence-corrected chi connectivity index (χ2v) is 12.9. The topological polar surface area (TPSA) is 112 Å². The number of hydrogen-bond acceptors (Lipinski definition) is 8. The maximum absolute atomic E-state index is 12.2. The third-order valence-electron chi connectivity index (χ3n) is 6.68. The van der Waals surface area contributed by atoms with Crippen LogP contribution in [0.3, 0.4) is 0 Å². The highest BCUT2D eigenvalue weighted by Crippen LogP contribution is 2.34. The zero-order chi connectivity index (χ0) is 32.6. The molecule has 0 aliphatic heterocycles. The summed E-state index contributed by atoms with van der Waals surface area (Å²) in [6.07, 6.45) is 5.34. The van der Waals surface area contributed by atoms with E-state index in [1.165, 1.54) is 0 Å². The molecule has 0 saturated heterocycles. The van der Waals surface area contributed by atoms with Gasteiger partial charge in [-0.1, -0.05) is 78.0 Å². The molecule has 0 bridgehead atoms. The minimum Gasteiger partial charge on any atom is -0.507 e. The molecule has 8 nitrogen and oxygen atoms in total. The van der Waals surface area contributed by atoms with Crippen molar-refractivity contribution in [3.8, 4) is 5.75 Å². The van der Waals surface area contributed by atoms with Crippen molar-refractivity contribution in [1.82, 2.24) is 0 Å². The first-order valence-corrected chi connectivity index (χ1v) is 15.0. The second-order valence-electron chi connectivity index (χ2n) is 12.9. The Hall–Kier alpha value is -2.94. The van der Waals surface area contributed by atoms with Crippen molar-refractivity contribution in [2.24, 2.45) is 5.41 Å². The van der Waals surface area contributed by atoms with Crippen LogP contribution in [0, 0.1) is 12.3 Å². The molecule has 0 aliphatic carbocycles. The summed E-state index contributed by atoms with van der Waals surface area (Å²) in [5.41, 5.74) is 4.96. The maximum Gasteiger partial charge on any atom is 0.306 e. The third kappa shape index (κ3) is 15.9. The highest BCUT2D eigenvalue weighted by molar-refractivity contribution is 5.70. The van der Waals surface area contributed by atoms with E-state index in [4.69, 9.17) is 18.9 Å². The van der Waals surface area contributed by atoms with Crippen LogP contribution in [0.5, 0.6) is 5.75 Å². The lowest BCUT2D eigenvalue weighted by atomic mass is 9.83. The van der Waals surface area contributed by atoms with E-state index in [1.807, 2.05) is 79.7 Å². The Morgan fingerprint density at radius 3 is 1.86 bits per heavy atom. The van der Waals surface area contributed by atoms with Crippen molar-refractivity contribution in [2.45, 2.75) is 86.5 Å². The molecule has 1 rings (SSSR count). The van der Waals surface area contributed by atoms with Gasteiger partial charge in [0.1, 0.15) is 19.0 Å². The number of aliphatic hydroxyl groups is 1. The van der Waals surface area contributed by atoms with Crippen LogP contribution in [0.2, 0.25) is 0 Å². The first kappa shape index (κ1) is 38.1. The van der Waals surface area contributed by atoms with Gasteiger partial charge in [-0.2, -0.15) is 0 Å². The standard InChI is InChI=1S/C35H54O8/c1-25(2)20-27(22-29(24-36)34(4,5)6)10-12-31(37)42-18-16-40-14-15-41-17-19-43-32(38)13-11-28-21-26(3)33(39)30(23-28)35(7,8)9/h20-23,36,39H,1,10-19,24H2,2-9H3. The SMILES string of the molecule is C=C(C)C=C(C=C(CO)C(C)(C)C)CCC(=O)OCCOCCOCCOC(=O)CCc1cc(C)c(O)c(C(C)(C)C)c1. The number of benzene rings is 1. The van der Waals surface area contributed by atoms with Crippen LogP contribution >= 0.6 is 0 Å². The number of ether oxygens (including phenoxy) is 4. The summed E-state index contributed by atoms with van der Waals surface area (Å²) < 4.78 is 21.4. The molecule has 0 saturated carbocycles. The van der Waals surface area contributed by atoms with E-state index < -0.39 is 0 Å². The average molecular weight is 603 g/mol. The molecule has 1 aromatic carbocycles. The minimum absolute atomic E-state index is 0.0474. The lowest BCUT2D eigenvalue weighted by Crippen LogP contribution is -2.15. The van der Waals surface area contributed by atoms with Gasteiger partial charge in [-0.3, -0.25) is 9.59 Å². The fourth-order valence-electron chi connectivity index (χ4n) is 4.18. The Bertz CT molecular complexity index is 1120. The van der Waals surface area contributed by atoms with Crippen LogP contribution in [0.25, 0.3) is 0 Å². The number of rotatable bonds is 18. The molecule has 0 atom stereocenters. The molecule has 8 heteroatoms. The van der Waals surface area contributed by atoms with Gasteiger partial charge in [0.15, 0.2) is 0 Å². The molecule has 0 unspecified atom stereocenters. The van der Waals surface area contributed by atoms with E-state index in [0.717, 1.165) is 33.4 Å². The normalized spacial score (nSPS) is 12.8. The van der Waals surface area contributed by atoms with Crippen LogP contribution in [-0.2, 0) is 40.4 Å². The van der Waals surface area contributed by atoms with Crippen LogP contribution in [0.1, 0.15) is 84.4 Å². The highest BCUT2D eigenvalue weighted by atomic mass is 16.6. The van der Waals surface area contributed by atoms with Crippen molar-refractivity contribution < 1.29 is 38.7 Å². The zero-order valence-electron chi connectivity index (χ0n) is 27.6. The fourth-order valence-corrected chi connectivity index (χ4v) is 4.18. The average Bonchev–Trinajstić information content (AvgIpc) is 2.90. The Balaban J connectivity index is 2.21. The number of aryl methyl sites for hydroxylation is 2. The number of phenolic OH excluding ortho intramolecular Hbond substituents is 1. The van der Waals surface area contributed by atoms with Gasteiger partial charge in [0.2, 0.25) is 0 Å². The van der Waals surface area contributed by atoms with Crippen LogP contribution in [-0.4, -0.2) is 68.4 Å². The van der Waals surface area contributed by atoms with Crippen molar-refractivity contribution in [1.29, 1.82) is 0 Å². The van der Waals surface area contributed by atoms with Crippen molar-refractivity contribution in [2.75, 3.05) is 46.2 Å². The number of phenols is 1. The summed E-state index contributed by atoms with van der Waals surface area (Å²) in [7, 11) is 0. The molecular weight excluding hydrogens is 548 g/mol. The summed E-state index contributed by atoms with van der Waals surface area (Å²) in [6, 6.07) is 3.86. The number of hydrogen-bond donors (Lipinski definition) is 2. The van der Waals surface area contributed by atoms with Crippen molar-refractivity contribution >= 4 is 11.9 Å². The summed E-state index contributed by atoms with van der Waals surface area (Å²) >= 11 is 0. The number of aromatic hydroxyl groups is 1. The van der Waals surface area contributed by atoms with Gasteiger partial charge in [0.25, 0.3) is 0 Å². The number of esters is 2. The third-order valence-corrected chi connectivity index (χ3v) is 6.68. The number of aliphatic hydroxyl groups excluding tert-OH is 1. The summed E-state index contributed by atoms with van der Waals surface area (Å²) in [5.74, 6) is -0.314. The van der Waals surface area contributed by atoms with Crippen molar-refractivity contribution in [3.63, 3.8) is 0 Å². The van der Waals surface area contributed by atoms with Gasteiger partial charge < -0.3 is 29.2 Å². The molecule has 0 heterocycles. The van der Waals surface area contributed by atoms with E-state index in [-0.39, 0.29) is 68.6 Å². The first-order chi connectivity index (χ1) is 20.0. The molecule has 0 radical (unpaired) electrons. The van der Waals surface area contributed by atoms with Gasteiger partial charge in [-0.15, -0.1) is 0 Å². The smallest absolute Gasteiger partial charge is 0.306 e. The monoisotopic (exact) mass is 602 g/mol. The number of carbonyl (C=O) groups excluding carboxylic acids is 2. The fraction of sp³-hybridized carbons (Fsp3) is 0.600. The molecule has 0 spiro atoms. The maximum atomic E-state index is 12.2. The van der Waals surface area contributed by atoms with E-state index in [2.05, 4.69) is 6.58 Å². The first-order valence-electron chi connectivity index (χ1n) is 15.0. The van der Waals surface area contributed by atoms with Crippen LogP contribution in [0.15, 0.2) is 47.6 Å². The van der Waals surface area contributed by atoms with Gasteiger partial charge in [0, 0.05) is 12.8 Å². The van der Waals surface area contributed by atoms with E-state index in [1.54, 1.807) is 0 Å². The predicted molar refractivity (Wildman–Crippen MR) is 170 cm³/mol. The largest absolute Gasteiger partial charge is 0.507 e. The molecule has 1 aromatic rings. The summed E-state index contributed by atoms with van der Waals surface area (Å²) in [4.78, 5) is 24.3. The predicted octanol–water partition coefficient (Wildman–Crippen LogP) is 6.30. The second kappa shape index (κ2) is 18.7. The lowest BCUT2D eigenvalue weighted by Gasteiger charge is -2.22. The zero-order valence-corrected chi connectivity index (χ0v) is 27.6. The Kier molecular flexibility index (Phi) is 16.5. The highest BCUT2D eigenvalue weighted by Gasteiger charge is 2.20. The minimum atomic E-state index is -0.320. The molecule has 242 valence electrons. The van der Waals surface area contributed by atoms with E-state index in [0.29, 0.717) is 31.8 Å². The van der Waals surface area contributed by atoms with Gasteiger partial charge in [-0.05, 0) is 65.4 Å². The molecule has 0 aliphatic rings. The van der Waals surface area contributed by atoms with Crippen molar-refractivity contribution in [3.05, 3.63) is 64.3 Å². The molecule has 0 aromatic heterocycles. The summed E-state index contributed by atoms with van der Waals surface area (Å²) in [6.45, 7) is 21.3. The number of carbonyl (C=O) groups is 2. The molecular formula is C35H54O8. The Morgan fingerprint density at radius 1 is 0.837 bits per heavy atom. The van der Waals surface area contributed by atoms with Crippen LogP contribution in [0.4, 0.5) is 0 Å². The quantitative estimate of drug-likeness (QED) is 0.114. The van der Waals surface area contributed by atoms with Gasteiger partial charge in [0.05, 0.1) is 33.0 Å². The molecule has 0 fully saturated rings. The van der Waals surface area contributed by atoms with Gasteiger partial charge in [-0.25, -0.2) is 0 Å². The number of allylic oxidation sites excluding steroid dienone is 4. The summed E-state index contributed by atoms with van der Waals surface area (Å²) in [5, 5.41) is 20.1.